The SMILES string of the molecule is CC1(O)c2ccccc2OC[C@@H]2CCCC[C@@H]21. The Morgan fingerprint density at radius 3 is 2.88 bits per heavy atom. The van der Waals surface area contributed by atoms with Gasteiger partial charge in [0.1, 0.15) is 5.75 Å². The molecule has 0 radical (unpaired) electrons. The van der Waals surface area contributed by atoms with Gasteiger partial charge in [0.2, 0.25) is 0 Å². The molecule has 17 heavy (non-hydrogen) atoms. The van der Waals surface area contributed by atoms with E-state index in [4.69, 9.17) is 4.74 Å². The second-order valence-corrected chi connectivity index (χ2v) is 5.61. The van der Waals surface area contributed by atoms with E-state index >= 15 is 0 Å². The molecule has 0 bridgehead atoms. The van der Waals surface area contributed by atoms with E-state index < -0.39 is 5.60 Å². The van der Waals surface area contributed by atoms with Crippen LogP contribution < -0.4 is 4.74 Å². The van der Waals surface area contributed by atoms with Crippen LogP contribution in [0.4, 0.5) is 0 Å². The molecule has 0 spiro atoms. The lowest BCUT2D eigenvalue weighted by atomic mass is 9.69. The first-order valence-electron chi connectivity index (χ1n) is 6.64. The maximum atomic E-state index is 10.9. The maximum absolute atomic E-state index is 10.9. The zero-order chi connectivity index (χ0) is 11.9. The Labute approximate surface area is 103 Å². The number of fused-ring (bicyclic) bond motifs is 2. The first kappa shape index (κ1) is 11.1. The Bertz CT molecular complexity index is 411. The molecule has 1 fully saturated rings. The Morgan fingerprint density at radius 1 is 1.24 bits per heavy atom. The molecule has 92 valence electrons. The summed E-state index contributed by atoms with van der Waals surface area (Å²) in [6, 6.07) is 7.94. The van der Waals surface area contributed by atoms with Crippen LogP contribution in [-0.2, 0) is 5.60 Å². The highest BCUT2D eigenvalue weighted by atomic mass is 16.5. The van der Waals surface area contributed by atoms with Crippen molar-refractivity contribution in [3.8, 4) is 5.75 Å². The number of aliphatic hydroxyl groups is 1. The molecule has 1 aliphatic carbocycles. The van der Waals surface area contributed by atoms with Crippen molar-refractivity contribution >= 4 is 0 Å². The Hall–Kier alpha value is -1.02. The highest BCUT2D eigenvalue weighted by Crippen LogP contribution is 2.47. The van der Waals surface area contributed by atoms with Gasteiger partial charge in [-0.2, -0.15) is 0 Å². The predicted molar refractivity (Wildman–Crippen MR) is 67.0 cm³/mol. The third kappa shape index (κ3) is 1.75. The van der Waals surface area contributed by atoms with Crippen molar-refractivity contribution in [3.63, 3.8) is 0 Å². The Morgan fingerprint density at radius 2 is 2.00 bits per heavy atom. The fourth-order valence-electron chi connectivity index (χ4n) is 3.55. The molecule has 1 saturated carbocycles. The van der Waals surface area contributed by atoms with Gasteiger partial charge in [0.05, 0.1) is 12.2 Å². The van der Waals surface area contributed by atoms with Crippen molar-refractivity contribution < 1.29 is 9.84 Å². The van der Waals surface area contributed by atoms with Crippen LogP contribution >= 0.6 is 0 Å². The van der Waals surface area contributed by atoms with E-state index in [-0.39, 0.29) is 0 Å². The number of ether oxygens (including phenoxy) is 1. The average Bonchev–Trinajstić information content (AvgIpc) is 2.47. The minimum absolute atomic E-state index is 0.347. The van der Waals surface area contributed by atoms with Gasteiger partial charge in [-0.1, -0.05) is 31.0 Å². The zero-order valence-corrected chi connectivity index (χ0v) is 10.4. The molecule has 1 unspecified atom stereocenters. The molecule has 2 nitrogen and oxygen atoms in total. The summed E-state index contributed by atoms with van der Waals surface area (Å²) in [7, 11) is 0. The van der Waals surface area contributed by atoms with Crippen LogP contribution in [0.3, 0.4) is 0 Å². The smallest absolute Gasteiger partial charge is 0.125 e. The van der Waals surface area contributed by atoms with E-state index in [1.807, 2.05) is 31.2 Å². The van der Waals surface area contributed by atoms with Gasteiger partial charge < -0.3 is 9.84 Å². The Balaban J connectivity index is 2.05. The van der Waals surface area contributed by atoms with Gasteiger partial charge in [-0.3, -0.25) is 0 Å². The normalized spacial score (nSPS) is 36.4. The molecule has 0 amide bonds. The van der Waals surface area contributed by atoms with Gasteiger partial charge in [-0.15, -0.1) is 0 Å². The van der Waals surface area contributed by atoms with Gasteiger partial charge in [-0.25, -0.2) is 0 Å². The zero-order valence-electron chi connectivity index (χ0n) is 10.4. The summed E-state index contributed by atoms with van der Waals surface area (Å²) in [5, 5.41) is 10.9. The molecule has 2 heteroatoms. The molecule has 3 atom stereocenters. The number of para-hydroxylation sites is 1. The monoisotopic (exact) mass is 232 g/mol. The summed E-state index contributed by atoms with van der Waals surface area (Å²) in [6.07, 6.45) is 4.82. The van der Waals surface area contributed by atoms with Crippen LogP contribution in [0.2, 0.25) is 0 Å². The molecule has 0 aromatic heterocycles. The van der Waals surface area contributed by atoms with Crippen molar-refractivity contribution in [2.24, 2.45) is 11.8 Å². The number of hydrogen-bond donors (Lipinski definition) is 1. The van der Waals surface area contributed by atoms with E-state index in [0.717, 1.165) is 24.3 Å². The molecule has 2 aliphatic rings. The van der Waals surface area contributed by atoms with E-state index in [0.29, 0.717) is 11.8 Å². The van der Waals surface area contributed by atoms with Crippen LogP contribution in [-0.4, -0.2) is 11.7 Å². The van der Waals surface area contributed by atoms with Crippen LogP contribution in [0.15, 0.2) is 24.3 Å². The van der Waals surface area contributed by atoms with E-state index in [9.17, 15) is 5.11 Å². The molecule has 1 aromatic carbocycles. The molecule has 0 saturated heterocycles. The lowest BCUT2D eigenvalue weighted by Gasteiger charge is -2.39. The summed E-state index contributed by atoms with van der Waals surface area (Å²) >= 11 is 0. The largest absolute Gasteiger partial charge is 0.493 e. The number of hydrogen-bond acceptors (Lipinski definition) is 2. The van der Waals surface area contributed by atoms with Gasteiger partial charge in [0, 0.05) is 5.56 Å². The van der Waals surface area contributed by atoms with Gasteiger partial charge >= 0.3 is 0 Å². The molecule has 1 heterocycles. The lowest BCUT2D eigenvalue weighted by Crippen LogP contribution is -2.38. The quantitative estimate of drug-likeness (QED) is 0.745. The first-order chi connectivity index (χ1) is 8.19. The fraction of sp³-hybridized carbons (Fsp3) is 0.600. The van der Waals surface area contributed by atoms with Gasteiger partial charge in [0.15, 0.2) is 0 Å². The predicted octanol–water partition coefficient (Wildman–Crippen LogP) is 3.09. The molecular weight excluding hydrogens is 212 g/mol. The van der Waals surface area contributed by atoms with Gasteiger partial charge in [0.25, 0.3) is 0 Å². The minimum Gasteiger partial charge on any atom is -0.493 e. The van der Waals surface area contributed by atoms with Gasteiger partial charge in [-0.05, 0) is 37.7 Å². The maximum Gasteiger partial charge on any atom is 0.125 e. The van der Waals surface area contributed by atoms with E-state index in [2.05, 4.69) is 0 Å². The summed E-state index contributed by atoms with van der Waals surface area (Å²) in [5.74, 6) is 1.72. The Kier molecular flexibility index (Phi) is 2.62. The summed E-state index contributed by atoms with van der Waals surface area (Å²) in [6.45, 7) is 2.72. The van der Waals surface area contributed by atoms with Crippen molar-refractivity contribution in [2.45, 2.75) is 38.2 Å². The van der Waals surface area contributed by atoms with Crippen molar-refractivity contribution in [1.82, 2.24) is 0 Å². The lowest BCUT2D eigenvalue weighted by molar-refractivity contribution is -0.0467. The first-order valence-corrected chi connectivity index (χ1v) is 6.64. The third-order valence-corrected chi connectivity index (χ3v) is 4.52. The topological polar surface area (TPSA) is 29.5 Å². The van der Waals surface area contributed by atoms with Crippen LogP contribution in [0.5, 0.6) is 5.75 Å². The highest BCUT2D eigenvalue weighted by molar-refractivity contribution is 5.39. The number of benzene rings is 1. The second-order valence-electron chi connectivity index (χ2n) is 5.61. The van der Waals surface area contributed by atoms with Crippen LogP contribution in [0.1, 0.15) is 38.2 Å². The molecule has 1 aliphatic heterocycles. The second kappa shape index (κ2) is 4.02. The fourth-order valence-corrected chi connectivity index (χ4v) is 3.55. The van der Waals surface area contributed by atoms with Crippen molar-refractivity contribution in [1.29, 1.82) is 0 Å². The summed E-state index contributed by atoms with van der Waals surface area (Å²) < 4.78 is 5.89. The van der Waals surface area contributed by atoms with Crippen molar-refractivity contribution in [3.05, 3.63) is 29.8 Å². The van der Waals surface area contributed by atoms with E-state index in [1.54, 1.807) is 0 Å². The summed E-state index contributed by atoms with van der Waals surface area (Å²) in [4.78, 5) is 0. The molecular formula is C15H20O2. The highest BCUT2D eigenvalue weighted by Gasteiger charge is 2.43. The molecule has 1 aromatic rings. The minimum atomic E-state index is -0.738. The number of rotatable bonds is 0. The average molecular weight is 232 g/mol. The van der Waals surface area contributed by atoms with Crippen LogP contribution in [0.25, 0.3) is 0 Å². The standard InChI is InChI=1S/C15H20O2/c1-15(16)12-7-3-2-6-11(12)10-17-14-9-5-4-8-13(14)15/h4-5,8-9,11-12,16H,2-3,6-7,10H2,1H3/t11-,12-,15?/m0/s1. The van der Waals surface area contributed by atoms with Crippen molar-refractivity contribution in [2.75, 3.05) is 6.61 Å². The summed E-state index contributed by atoms with van der Waals surface area (Å²) in [5.41, 5.74) is 0.229. The third-order valence-electron chi connectivity index (χ3n) is 4.52. The molecule has 1 N–H and O–H groups in total. The molecule has 3 rings (SSSR count). The van der Waals surface area contributed by atoms with Crippen LogP contribution in [0, 0.1) is 11.8 Å². The van der Waals surface area contributed by atoms with E-state index in [1.165, 1.54) is 19.3 Å².